The van der Waals surface area contributed by atoms with E-state index in [1.807, 2.05) is 6.07 Å². The van der Waals surface area contributed by atoms with Crippen LogP contribution in [0.4, 0.5) is 24.8 Å². The largest absolute Gasteiger partial charge is 0.490 e. The van der Waals surface area contributed by atoms with Gasteiger partial charge in [0.05, 0.1) is 51.3 Å². The minimum absolute atomic E-state index is 0.0167. The number of carbonyl (C=O) groups excluding carboxylic acids is 1. The maximum Gasteiger partial charge on any atom is 0.416 e. The number of aromatic nitrogens is 3. The lowest BCUT2D eigenvalue weighted by atomic mass is 9.86. The van der Waals surface area contributed by atoms with Crippen LogP contribution < -0.4 is 15.0 Å². The topological polar surface area (TPSA) is 145 Å². The van der Waals surface area contributed by atoms with Crippen molar-refractivity contribution in [2.24, 2.45) is 11.8 Å². The summed E-state index contributed by atoms with van der Waals surface area (Å²) in [5, 5.41) is 11.9. The van der Waals surface area contributed by atoms with Gasteiger partial charge in [0.2, 0.25) is 5.91 Å². The maximum absolute atomic E-state index is 13.4. The van der Waals surface area contributed by atoms with Gasteiger partial charge in [-0.3, -0.25) is 9.78 Å². The molecule has 0 spiro atoms. The fourth-order valence-electron chi connectivity index (χ4n) is 8.80. The van der Waals surface area contributed by atoms with Crippen LogP contribution in [0.1, 0.15) is 80.5 Å². The molecule has 4 aliphatic rings. The molecular formula is C41H50ClF3N8O4S. The van der Waals surface area contributed by atoms with Crippen molar-refractivity contribution >= 4 is 39.0 Å². The van der Waals surface area contributed by atoms with E-state index in [9.17, 15) is 26.4 Å². The number of pyridine rings is 1. The van der Waals surface area contributed by atoms with E-state index >= 15 is 0 Å². The number of hydrogen-bond acceptors (Lipinski definition) is 11. The number of nitrogens with one attached hydrogen (secondary N) is 1. The summed E-state index contributed by atoms with van der Waals surface area (Å²) < 4.78 is 72.3. The molecule has 1 N–H and O–H groups in total. The fourth-order valence-corrected chi connectivity index (χ4v) is 11.1. The maximum atomic E-state index is 13.4. The molecule has 1 unspecified atom stereocenters. The summed E-state index contributed by atoms with van der Waals surface area (Å²) in [6.45, 7) is 6.04. The Bertz CT molecular complexity index is 2030. The molecule has 1 aliphatic carbocycles. The first-order valence-corrected chi connectivity index (χ1v) is 22.4. The summed E-state index contributed by atoms with van der Waals surface area (Å²) in [5.41, 5.74) is 0.582. The van der Waals surface area contributed by atoms with E-state index in [0.29, 0.717) is 66.8 Å². The summed E-state index contributed by atoms with van der Waals surface area (Å²) >= 11 is 6.14. The first kappa shape index (κ1) is 42.1. The number of hydrogen-bond donors (Lipinski definition) is 1. The lowest BCUT2D eigenvalue weighted by molar-refractivity contribution is -0.137. The van der Waals surface area contributed by atoms with E-state index < -0.39 is 26.8 Å². The SMILES string of the molecule is N#Cc1ccc(OC2CCC(C(=O)Nc3cnc(C4CCN(CCN5CCC(CS(=O)(=O)C6CCN(c7cc(C(F)(F)F)ccn7)CC6)C5)CC4)cn3)CC2)cc1Cl. The third-order valence-electron chi connectivity index (χ3n) is 12.3. The molecule has 1 saturated carbocycles. The molecule has 0 bridgehead atoms. The van der Waals surface area contributed by atoms with Gasteiger partial charge in [0.25, 0.3) is 0 Å². The van der Waals surface area contributed by atoms with Gasteiger partial charge in [-0.25, -0.2) is 18.4 Å². The zero-order chi connectivity index (χ0) is 40.9. The summed E-state index contributed by atoms with van der Waals surface area (Å²) in [4.78, 5) is 32.9. The number of piperidine rings is 2. The molecule has 312 valence electrons. The van der Waals surface area contributed by atoms with Crippen molar-refractivity contribution in [1.29, 1.82) is 5.26 Å². The summed E-state index contributed by atoms with van der Waals surface area (Å²) in [5.74, 6) is 1.65. The predicted octanol–water partition coefficient (Wildman–Crippen LogP) is 6.58. The van der Waals surface area contributed by atoms with Crippen molar-refractivity contribution in [1.82, 2.24) is 24.8 Å². The second-order valence-corrected chi connectivity index (χ2v) is 18.9. The van der Waals surface area contributed by atoms with Crippen molar-refractivity contribution in [3.05, 3.63) is 70.8 Å². The molecule has 4 fully saturated rings. The first-order valence-electron chi connectivity index (χ1n) is 20.3. The molecule has 58 heavy (non-hydrogen) atoms. The Balaban J connectivity index is 0.775. The van der Waals surface area contributed by atoms with Crippen LogP contribution in [0, 0.1) is 23.2 Å². The molecule has 12 nitrogen and oxygen atoms in total. The number of amides is 1. The summed E-state index contributed by atoms with van der Waals surface area (Å²) in [6.07, 6.45) is 6.52. The first-order chi connectivity index (χ1) is 27.8. The third kappa shape index (κ3) is 10.8. The molecule has 7 rings (SSSR count). The van der Waals surface area contributed by atoms with Crippen LogP contribution in [0.25, 0.3) is 0 Å². The second-order valence-electron chi connectivity index (χ2n) is 16.1. The molecular weight excluding hydrogens is 793 g/mol. The minimum atomic E-state index is -4.45. The van der Waals surface area contributed by atoms with E-state index in [1.165, 1.54) is 0 Å². The Labute approximate surface area is 343 Å². The zero-order valence-electron chi connectivity index (χ0n) is 32.4. The number of benzene rings is 1. The second kappa shape index (κ2) is 18.5. The zero-order valence-corrected chi connectivity index (χ0v) is 34.0. The third-order valence-corrected chi connectivity index (χ3v) is 15.0. The van der Waals surface area contributed by atoms with Crippen molar-refractivity contribution in [2.45, 2.75) is 81.2 Å². The van der Waals surface area contributed by atoms with Crippen LogP contribution in [0.2, 0.25) is 5.02 Å². The van der Waals surface area contributed by atoms with Gasteiger partial charge in [-0.05, 0) is 108 Å². The fraction of sp³-hybridized carbons (Fsp3) is 0.585. The number of nitrogens with zero attached hydrogens (tertiary/aromatic N) is 7. The van der Waals surface area contributed by atoms with Crippen LogP contribution in [-0.4, -0.2) is 109 Å². The number of likely N-dealkylation sites (tertiary alicyclic amines) is 2. The van der Waals surface area contributed by atoms with Crippen molar-refractivity contribution in [3.8, 4) is 11.8 Å². The Morgan fingerprint density at radius 3 is 2.29 bits per heavy atom. The van der Waals surface area contributed by atoms with E-state index in [4.69, 9.17) is 21.6 Å². The molecule has 3 aromatic rings. The van der Waals surface area contributed by atoms with E-state index in [1.54, 1.807) is 35.5 Å². The monoisotopic (exact) mass is 842 g/mol. The van der Waals surface area contributed by atoms with Crippen LogP contribution in [-0.2, 0) is 20.8 Å². The lowest BCUT2D eigenvalue weighted by Crippen LogP contribution is -2.41. The summed E-state index contributed by atoms with van der Waals surface area (Å²) in [7, 11) is -3.33. The van der Waals surface area contributed by atoms with Gasteiger partial charge in [0.1, 0.15) is 17.6 Å². The molecule has 2 aromatic heterocycles. The minimum Gasteiger partial charge on any atom is -0.490 e. The van der Waals surface area contributed by atoms with Gasteiger partial charge in [-0.1, -0.05) is 11.6 Å². The average Bonchev–Trinajstić information content (AvgIpc) is 3.67. The highest BCUT2D eigenvalue weighted by atomic mass is 35.5. The van der Waals surface area contributed by atoms with Gasteiger partial charge in [0.15, 0.2) is 15.7 Å². The smallest absolute Gasteiger partial charge is 0.416 e. The predicted molar refractivity (Wildman–Crippen MR) is 214 cm³/mol. The van der Waals surface area contributed by atoms with Gasteiger partial charge in [-0.2, -0.15) is 18.4 Å². The number of rotatable bonds is 12. The standard InChI is InChI=1S/C41H50ClF3N8O4S/c42-36-22-34(6-3-31(36)23-46)57-33-4-1-30(2-5-33)40(54)50-38-25-48-37(24-49-38)29-9-15-51(16-10-29)19-20-52-14-8-28(26-52)27-58(55,56)35-11-17-53(18-12-35)39-21-32(7-13-47-39)41(43,44)45/h3,6-7,13,21-22,24-25,28-30,33,35H,1-2,4-5,8-12,14-20,26-27H2,(H,49,50,54). The van der Waals surface area contributed by atoms with Gasteiger partial charge < -0.3 is 24.8 Å². The number of alkyl halides is 3. The molecule has 0 radical (unpaired) electrons. The highest BCUT2D eigenvalue weighted by molar-refractivity contribution is 7.92. The highest BCUT2D eigenvalue weighted by Crippen LogP contribution is 2.34. The van der Waals surface area contributed by atoms with Crippen molar-refractivity contribution in [2.75, 3.05) is 68.3 Å². The molecule has 1 amide bonds. The van der Waals surface area contributed by atoms with Crippen molar-refractivity contribution in [3.63, 3.8) is 0 Å². The lowest BCUT2D eigenvalue weighted by Gasteiger charge is -2.33. The number of sulfone groups is 1. The number of nitriles is 1. The normalized spacial score (nSPS) is 23.1. The Kier molecular flexibility index (Phi) is 13.4. The number of anilines is 2. The molecule has 3 saturated heterocycles. The average molecular weight is 843 g/mol. The highest BCUT2D eigenvalue weighted by Gasteiger charge is 2.36. The van der Waals surface area contributed by atoms with Gasteiger partial charge in [-0.15, -0.1) is 0 Å². The van der Waals surface area contributed by atoms with E-state index in [2.05, 4.69) is 30.1 Å². The van der Waals surface area contributed by atoms with E-state index in [-0.39, 0.29) is 35.4 Å². The Morgan fingerprint density at radius 2 is 1.62 bits per heavy atom. The van der Waals surface area contributed by atoms with Crippen molar-refractivity contribution < 1.29 is 31.1 Å². The number of ether oxygens (including phenoxy) is 1. The van der Waals surface area contributed by atoms with Gasteiger partial charge in [0, 0.05) is 56.8 Å². The van der Waals surface area contributed by atoms with Crippen LogP contribution in [0.5, 0.6) is 5.75 Å². The van der Waals surface area contributed by atoms with Gasteiger partial charge >= 0.3 is 6.18 Å². The van der Waals surface area contributed by atoms with Crippen LogP contribution in [0.3, 0.4) is 0 Å². The van der Waals surface area contributed by atoms with Crippen LogP contribution in [0.15, 0.2) is 48.9 Å². The van der Waals surface area contributed by atoms with E-state index in [0.717, 1.165) is 95.4 Å². The molecule has 1 atom stereocenters. The van der Waals surface area contributed by atoms with Crippen LogP contribution >= 0.6 is 11.6 Å². The molecule has 3 aliphatic heterocycles. The number of halogens is 4. The Morgan fingerprint density at radius 1 is 0.897 bits per heavy atom. The molecule has 5 heterocycles. The quantitative estimate of drug-likeness (QED) is 0.211. The number of carbonyl (C=O) groups is 1. The molecule has 1 aromatic carbocycles. The Hall–Kier alpha value is -4.04. The molecule has 17 heteroatoms. The summed E-state index contributed by atoms with van der Waals surface area (Å²) in [6, 6.07) is 9.07.